The highest BCUT2D eigenvalue weighted by atomic mass is 16.5. The third-order valence-electron chi connectivity index (χ3n) is 2.49. The quantitative estimate of drug-likeness (QED) is 0.694. The van der Waals surface area contributed by atoms with Gasteiger partial charge in [-0.15, -0.1) is 0 Å². The smallest absolute Gasteiger partial charge is 0.320 e. The van der Waals surface area contributed by atoms with Crippen LogP contribution in [-0.2, 0) is 25.6 Å². The number of carbonyl (C=O) groups is 2. The van der Waals surface area contributed by atoms with E-state index in [0.29, 0.717) is 13.2 Å². The Labute approximate surface area is 113 Å². The molecule has 0 bridgehead atoms. The molecule has 0 aliphatic heterocycles. The van der Waals surface area contributed by atoms with Crippen LogP contribution < -0.4 is 0 Å². The highest BCUT2D eigenvalue weighted by molar-refractivity contribution is 5.74. The third kappa shape index (κ3) is 6.01. The summed E-state index contributed by atoms with van der Waals surface area (Å²) < 4.78 is 9.52. The van der Waals surface area contributed by atoms with Crippen molar-refractivity contribution in [3.8, 4) is 0 Å². The van der Waals surface area contributed by atoms with Gasteiger partial charge in [0.15, 0.2) is 0 Å². The fourth-order valence-corrected chi connectivity index (χ4v) is 1.65. The molecule has 0 aromatic heterocycles. The second kappa shape index (κ2) is 8.26. The molecule has 1 aromatic rings. The van der Waals surface area contributed by atoms with Crippen LogP contribution in [0.5, 0.6) is 0 Å². The summed E-state index contributed by atoms with van der Waals surface area (Å²) in [5.41, 5.74) is 1.02. The van der Waals surface area contributed by atoms with E-state index in [9.17, 15) is 9.59 Å². The molecule has 104 valence electrons. The second-order valence-corrected chi connectivity index (χ2v) is 4.01. The molecular formula is C14H19NO4. The summed E-state index contributed by atoms with van der Waals surface area (Å²) in [6.07, 6.45) is 0. The zero-order valence-corrected chi connectivity index (χ0v) is 11.3. The van der Waals surface area contributed by atoms with E-state index in [0.717, 1.165) is 5.56 Å². The summed E-state index contributed by atoms with van der Waals surface area (Å²) in [7, 11) is 1.33. The monoisotopic (exact) mass is 265 g/mol. The average molecular weight is 265 g/mol. The molecule has 0 fully saturated rings. The maximum Gasteiger partial charge on any atom is 0.320 e. The van der Waals surface area contributed by atoms with Gasteiger partial charge in [0.1, 0.15) is 0 Å². The van der Waals surface area contributed by atoms with E-state index < -0.39 is 0 Å². The van der Waals surface area contributed by atoms with E-state index in [1.54, 1.807) is 11.8 Å². The molecule has 0 spiro atoms. The average Bonchev–Trinajstić information content (AvgIpc) is 2.39. The van der Waals surface area contributed by atoms with E-state index in [4.69, 9.17) is 4.74 Å². The van der Waals surface area contributed by atoms with Crippen molar-refractivity contribution < 1.29 is 19.1 Å². The summed E-state index contributed by atoms with van der Waals surface area (Å²) in [6.45, 7) is 2.70. The highest BCUT2D eigenvalue weighted by Crippen LogP contribution is 2.04. The zero-order chi connectivity index (χ0) is 14.1. The Morgan fingerprint density at radius 1 is 1.11 bits per heavy atom. The second-order valence-electron chi connectivity index (χ2n) is 4.01. The normalized spacial score (nSPS) is 10.3. The van der Waals surface area contributed by atoms with Crippen molar-refractivity contribution in [3.05, 3.63) is 35.9 Å². The predicted molar refractivity (Wildman–Crippen MR) is 70.4 cm³/mol. The summed E-state index contributed by atoms with van der Waals surface area (Å²) in [6, 6.07) is 9.62. The van der Waals surface area contributed by atoms with E-state index in [-0.39, 0.29) is 25.0 Å². The lowest BCUT2D eigenvalue weighted by atomic mass is 10.2. The predicted octanol–water partition coefficient (Wildman–Crippen LogP) is 1.22. The standard InChI is InChI=1S/C14H19NO4/c1-3-19-14(17)11-15(10-13(16)18-2)9-12-7-5-4-6-8-12/h4-8H,3,9-11H2,1-2H3. The molecule has 0 N–H and O–H groups in total. The summed E-state index contributed by atoms with van der Waals surface area (Å²) >= 11 is 0. The molecule has 0 heterocycles. The van der Waals surface area contributed by atoms with Crippen molar-refractivity contribution in [1.29, 1.82) is 0 Å². The molecule has 0 radical (unpaired) electrons. The van der Waals surface area contributed by atoms with Gasteiger partial charge in [-0.2, -0.15) is 0 Å². The van der Waals surface area contributed by atoms with Gasteiger partial charge in [0.2, 0.25) is 0 Å². The van der Waals surface area contributed by atoms with Crippen molar-refractivity contribution in [2.45, 2.75) is 13.5 Å². The Morgan fingerprint density at radius 2 is 1.74 bits per heavy atom. The van der Waals surface area contributed by atoms with E-state index in [1.807, 2.05) is 30.3 Å². The van der Waals surface area contributed by atoms with Crippen molar-refractivity contribution in [2.24, 2.45) is 0 Å². The number of hydrogen-bond donors (Lipinski definition) is 0. The Morgan fingerprint density at radius 3 is 2.32 bits per heavy atom. The summed E-state index contributed by atoms with van der Waals surface area (Å²) in [4.78, 5) is 24.5. The number of hydrogen-bond acceptors (Lipinski definition) is 5. The maximum atomic E-state index is 11.5. The van der Waals surface area contributed by atoms with Crippen molar-refractivity contribution >= 4 is 11.9 Å². The molecule has 0 atom stereocenters. The van der Waals surface area contributed by atoms with E-state index in [1.165, 1.54) is 7.11 Å². The minimum atomic E-state index is -0.375. The van der Waals surface area contributed by atoms with Crippen molar-refractivity contribution in [2.75, 3.05) is 26.8 Å². The van der Waals surface area contributed by atoms with Gasteiger partial charge in [0.25, 0.3) is 0 Å². The molecule has 0 saturated heterocycles. The molecule has 1 aromatic carbocycles. The van der Waals surface area contributed by atoms with Gasteiger partial charge in [-0.1, -0.05) is 30.3 Å². The first-order valence-electron chi connectivity index (χ1n) is 6.14. The number of benzene rings is 1. The van der Waals surface area contributed by atoms with Gasteiger partial charge in [0, 0.05) is 6.54 Å². The summed E-state index contributed by atoms with van der Waals surface area (Å²) in [5.74, 6) is -0.720. The van der Waals surface area contributed by atoms with Crippen LogP contribution in [0.15, 0.2) is 30.3 Å². The fraction of sp³-hybridized carbons (Fsp3) is 0.429. The molecule has 0 amide bonds. The third-order valence-corrected chi connectivity index (χ3v) is 2.49. The lowest BCUT2D eigenvalue weighted by Crippen LogP contribution is -2.35. The number of esters is 2. The maximum absolute atomic E-state index is 11.5. The molecule has 5 nitrogen and oxygen atoms in total. The molecular weight excluding hydrogens is 246 g/mol. The lowest BCUT2D eigenvalue weighted by molar-refractivity contribution is -0.147. The molecule has 1 rings (SSSR count). The first-order valence-corrected chi connectivity index (χ1v) is 6.14. The Bertz CT molecular complexity index is 405. The molecule has 0 aliphatic carbocycles. The van der Waals surface area contributed by atoms with Crippen LogP contribution in [0.1, 0.15) is 12.5 Å². The van der Waals surface area contributed by atoms with Crippen molar-refractivity contribution in [1.82, 2.24) is 4.90 Å². The molecule has 0 saturated carbocycles. The van der Waals surface area contributed by atoms with Gasteiger partial charge < -0.3 is 9.47 Å². The zero-order valence-electron chi connectivity index (χ0n) is 11.3. The number of methoxy groups -OCH3 is 1. The fourth-order valence-electron chi connectivity index (χ4n) is 1.65. The van der Waals surface area contributed by atoms with Crippen molar-refractivity contribution in [3.63, 3.8) is 0 Å². The van der Waals surface area contributed by atoms with Gasteiger partial charge in [-0.25, -0.2) is 0 Å². The summed E-state index contributed by atoms with van der Waals surface area (Å²) in [5, 5.41) is 0. The minimum Gasteiger partial charge on any atom is -0.468 e. The highest BCUT2D eigenvalue weighted by Gasteiger charge is 2.15. The minimum absolute atomic E-state index is 0.0597. The van der Waals surface area contributed by atoms with Gasteiger partial charge >= 0.3 is 11.9 Å². The molecule has 0 aliphatic rings. The Kier molecular flexibility index (Phi) is 6.60. The molecule has 0 unspecified atom stereocenters. The number of nitrogens with zero attached hydrogens (tertiary/aromatic N) is 1. The SMILES string of the molecule is CCOC(=O)CN(CC(=O)OC)Cc1ccccc1. The topological polar surface area (TPSA) is 55.8 Å². The number of ether oxygens (including phenoxy) is 2. The van der Waals surface area contributed by atoms with Gasteiger partial charge in [-0.05, 0) is 12.5 Å². The van der Waals surface area contributed by atoms with Crippen LogP contribution in [-0.4, -0.2) is 43.6 Å². The number of carbonyl (C=O) groups excluding carboxylic acids is 2. The first kappa shape index (κ1) is 15.2. The van der Waals surface area contributed by atoms with Crippen LogP contribution in [0.4, 0.5) is 0 Å². The molecule has 19 heavy (non-hydrogen) atoms. The number of rotatable bonds is 7. The largest absolute Gasteiger partial charge is 0.468 e. The lowest BCUT2D eigenvalue weighted by Gasteiger charge is -2.19. The van der Waals surface area contributed by atoms with Gasteiger partial charge in [-0.3, -0.25) is 14.5 Å². The molecule has 5 heteroatoms. The van der Waals surface area contributed by atoms with E-state index in [2.05, 4.69) is 4.74 Å². The van der Waals surface area contributed by atoms with Crippen LogP contribution in [0.3, 0.4) is 0 Å². The first-order chi connectivity index (χ1) is 9.15. The van der Waals surface area contributed by atoms with Crippen LogP contribution >= 0.6 is 0 Å². The Balaban J connectivity index is 2.63. The van der Waals surface area contributed by atoms with Crippen LogP contribution in [0, 0.1) is 0 Å². The van der Waals surface area contributed by atoms with Gasteiger partial charge in [0.05, 0.1) is 26.8 Å². The van der Waals surface area contributed by atoms with E-state index >= 15 is 0 Å². The Hall–Kier alpha value is -1.88. The van der Waals surface area contributed by atoms with Crippen LogP contribution in [0.2, 0.25) is 0 Å². The van der Waals surface area contributed by atoms with Crippen LogP contribution in [0.25, 0.3) is 0 Å².